The van der Waals surface area contributed by atoms with Crippen LogP contribution in [0.25, 0.3) is 0 Å². The first kappa shape index (κ1) is 10.5. The SMILES string of the molecule is CCCCCCC[N+]1(C)C=CC=C1. The fraction of sp³-hybridized carbons (Fsp3) is 0.667. The molecular formula is C12H22N+. The highest BCUT2D eigenvalue weighted by Gasteiger charge is 2.16. The lowest BCUT2D eigenvalue weighted by Gasteiger charge is -2.22. The third-order valence-corrected chi connectivity index (χ3v) is 2.71. The summed E-state index contributed by atoms with van der Waals surface area (Å²) in [4.78, 5) is 0. The van der Waals surface area contributed by atoms with Gasteiger partial charge in [0.25, 0.3) is 0 Å². The molecule has 0 unspecified atom stereocenters. The van der Waals surface area contributed by atoms with E-state index >= 15 is 0 Å². The Morgan fingerprint density at radius 1 is 0.923 bits per heavy atom. The van der Waals surface area contributed by atoms with Gasteiger partial charge in [-0.2, -0.15) is 0 Å². The van der Waals surface area contributed by atoms with E-state index in [1.54, 1.807) is 0 Å². The van der Waals surface area contributed by atoms with Gasteiger partial charge >= 0.3 is 0 Å². The summed E-state index contributed by atoms with van der Waals surface area (Å²) < 4.78 is 1.01. The fourth-order valence-corrected chi connectivity index (χ4v) is 1.75. The van der Waals surface area contributed by atoms with Crippen LogP contribution in [0.1, 0.15) is 39.0 Å². The smallest absolute Gasteiger partial charge is 0.100 e. The van der Waals surface area contributed by atoms with Crippen molar-refractivity contribution in [2.45, 2.75) is 39.0 Å². The quantitative estimate of drug-likeness (QED) is 0.434. The molecule has 0 bridgehead atoms. The maximum atomic E-state index is 2.26. The molecule has 1 heteroatoms. The normalized spacial score (nSPS) is 18.3. The highest BCUT2D eigenvalue weighted by molar-refractivity contribution is 5.03. The van der Waals surface area contributed by atoms with Crippen LogP contribution >= 0.6 is 0 Å². The summed E-state index contributed by atoms with van der Waals surface area (Å²) in [6.07, 6.45) is 15.7. The van der Waals surface area contributed by atoms with E-state index in [2.05, 4.69) is 38.5 Å². The minimum atomic E-state index is 1.01. The van der Waals surface area contributed by atoms with Crippen LogP contribution in [0.5, 0.6) is 0 Å². The van der Waals surface area contributed by atoms with Crippen molar-refractivity contribution in [3.63, 3.8) is 0 Å². The summed E-state index contributed by atoms with van der Waals surface area (Å²) in [6, 6.07) is 0. The van der Waals surface area contributed by atoms with E-state index in [-0.39, 0.29) is 0 Å². The summed E-state index contributed by atoms with van der Waals surface area (Å²) in [7, 11) is 2.26. The molecule has 0 fully saturated rings. The van der Waals surface area contributed by atoms with Crippen LogP contribution in [0.3, 0.4) is 0 Å². The zero-order valence-corrected chi connectivity index (χ0v) is 9.00. The van der Waals surface area contributed by atoms with E-state index in [9.17, 15) is 0 Å². The van der Waals surface area contributed by atoms with E-state index in [0.29, 0.717) is 0 Å². The monoisotopic (exact) mass is 180 g/mol. The van der Waals surface area contributed by atoms with Crippen LogP contribution in [0, 0.1) is 0 Å². The van der Waals surface area contributed by atoms with Crippen LogP contribution < -0.4 is 0 Å². The molecule has 1 rings (SSSR count). The summed E-state index contributed by atoms with van der Waals surface area (Å²) in [5.41, 5.74) is 0. The molecule has 0 aromatic heterocycles. The molecule has 13 heavy (non-hydrogen) atoms. The van der Waals surface area contributed by atoms with E-state index in [4.69, 9.17) is 0 Å². The second-order valence-corrected chi connectivity index (χ2v) is 4.17. The van der Waals surface area contributed by atoms with Crippen molar-refractivity contribution in [2.75, 3.05) is 13.6 Å². The molecule has 0 aromatic rings. The Morgan fingerprint density at radius 2 is 1.54 bits per heavy atom. The highest BCUT2D eigenvalue weighted by Crippen LogP contribution is 2.14. The molecule has 1 nitrogen and oxygen atoms in total. The first-order chi connectivity index (χ1) is 6.27. The van der Waals surface area contributed by atoms with Gasteiger partial charge in [0.1, 0.15) is 12.4 Å². The number of allylic oxidation sites excluding steroid dienone is 2. The Labute approximate surface area is 82.3 Å². The van der Waals surface area contributed by atoms with Crippen molar-refractivity contribution in [1.82, 2.24) is 0 Å². The zero-order chi connectivity index (χ0) is 9.57. The van der Waals surface area contributed by atoms with Gasteiger partial charge in [-0.3, -0.25) is 4.48 Å². The van der Waals surface area contributed by atoms with Crippen LogP contribution in [-0.4, -0.2) is 18.1 Å². The van der Waals surface area contributed by atoms with Gasteiger partial charge in [0.15, 0.2) is 0 Å². The first-order valence-corrected chi connectivity index (χ1v) is 5.49. The van der Waals surface area contributed by atoms with Gasteiger partial charge in [-0.25, -0.2) is 0 Å². The zero-order valence-electron chi connectivity index (χ0n) is 9.00. The number of quaternary nitrogens is 1. The largest absolute Gasteiger partial charge is 0.273 e. The molecule has 1 aliphatic heterocycles. The molecule has 0 saturated heterocycles. The molecule has 0 aromatic carbocycles. The van der Waals surface area contributed by atoms with Crippen molar-refractivity contribution in [2.24, 2.45) is 0 Å². The minimum absolute atomic E-state index is 1.01. The molecule has 1 aliphatic rings. The average molecular weight is 180 g/mol. The number of nitrogens with zero attached hydrogens (tertiary/aromatic N) is 1. The number of hydrogen-bond acceptors (Lipinski definition) is 0. The number of hydrogen-bond donors (Lipinski definition) is 0. The maximum Gasteiger partial charge on any atom is 0.100 e. The summed E-state index contributed by atoms with van der Waals surface area (Å²) in [5, 5.41) is 0. The molecular weight excluding hydrogens is 158 g/mol. The second-order valence-electron chi connectivity index (χ2n) is 4.17. The molecule has 74 valence electrons. The lowest BCUT2D eigenvalue weighted by atomic mass is 10.1. The minimum Gasteiger partial charge on any atom is -0.273 e. The van der Waals surface area contributed by atoms with Crippen LogP contribution in [0.2, 0.25) is 0 Å². The van der Waals surface area contributed by atoms with Gasteiger partial charge in [-0.05, 0) is 25.0 Å². The van der Waals surface area contributed by atoms with Gasteiger partial charge in [-0.1, -0.05) is 26.2 Å². The van der Waals surface area contributed by atoms with E-state index in [1.165, 1.54) is 38.6 Å². The van der Waals surface area contributed by atoms with Gasteiger partial charge in [0, 0.05) is 0 Å². The number of unbranched alkanes of at least 4 members (excludes halogenated alkanes) is 4. The van der Waals surface area contributed by atoms with Crippen LogP contribution in [0.15, 0.2) is 24.6 Å². The van der Waals surface area contributed by atoms with Crippen molar-refractivity contribution < 1.29 is 4.48 Å². The average Bonchev–Trinajstić information content (AvgIpc) is 2.53. The van der Waals surface area contributed by atoms with Gasteiger partial charge in [-0.15, -0.1) is 0 Å². The van der Waals surface area contributed by atoms with Crippen molar-refractivity contribution in [3.8, 4) is 0 Å². The lowest BCUT2D eigenvalue weighted by Crippen LogP contribution is -2.31. The van der Waals surface area contributed by atoms with Gasteiger partial charge in [0.2, 0.25) is 0 Å². The van der Waals surface area contributed by atoms with Crippen LogP contribution in [-0.2, 0) is 0 Å². The van der Waals surface area contributed by atoms with E-state index in [0.717, 1.165) is 4.48 Å². The molecule has 0 N–H and O–H groups in total. The van der Waals surface area contributed by atoms with Crippen molar-refractivity contribution >= 4 is 0 Å². The fourth-order valence-electron chi connectivity index (χ4n) is 1.75. The summed E-state index contributed by atoms with van der Waals surface area (Å²) in [5.74, 6) is 0. The van der Waals surface area contributed by atoms with E-state index < -0.39 is 0 Å². The second kappa shape index (κ2) is 5.23. The Hall–Kier alpha value is -0.560. The third-order valence-electron chi connectivity index (χ3n) is 2.71. The Bertz CT molecular complexity index is 179. The standard InChI is InChI=1S/C12H22N/c1-3-4-5-6-7-10-13(2)11-8-9-12-13/h8-9,11-12H,3-7,10H2,1-2H3/q+1. The molecule has 0 saturated carbocycles. The Morgan fingerprint density at radius 3 is 2.15 bits per heavy atom. The Kier molecular flexibility index (Phi) is 4.23. The predicted molar refractivity (Wildman–Crippen MR) is 58.1 cm³/mol. The molecule has 0 spiro atoms. The maximum absolute atomic E-state index is 2.26. The van der Waals surface area contributed by atoms with Gasteiger partial charge in [0.05, 0.1) is 13.6 Å². The third kappa shape index (κ3) is 3.77. The molecule has 0 amide bonds. The molecule has 0 radical (unpaired) electrons. The number of rotatable bonds is 6. The topological polar surface area (TPSA) is 0 Å². The lowest BCUT2D eigenvalue weighted by molar-refractivity contribution is -0.804. The van der Waals surface area contributed by atoms with Crippen molar-refractivity contribution in [1.29, 1.82) is 0 Å². The van der Waals surface area contributed by atoms with Crippen LogP contribution in [0.4, 0.5) is 0 Å². The first-order valence-electron chi connectivity index (χ1n) is 5.49. The highest BCUT2D eigenvalue weighted by atomic mass is 15.3. The molecule has 1 heterocycles. The predicted octanol–water partition coefficient (Wildman–Crippen LogP) is 3.44. The molecule has 0 atom stereocenters. The molecule has 0 aliphatic carbocycles. The summed E-state index contributed by atoms with van der Waals surface area (Å²) >= 11 is 0. The Balaban J connectivity index is 2.05. The van der Waals surface area contributed by atoms with Gasteiger partial charge < -0.3 is 0 Å². The summed E-state index contributed by atoms with van der Waals surface area (Å²) in [6.45, 7) is 3.52. The van der Waals surface area contributed by atoms with Crippen molar-refractivity contribution in [3.05, 3.63) is 24.6 Å². The van der Waals surface area contributed by atoms with E-state index in [1.807, 2.05) is 0 Å².